The van der Waals surface area contributed by atoms with E-state index in [4.69, 9.17) is 0 Å². The van der Waals surface area contributed by atoms with Gasteiger partial charge in [0.15, 0.2) is 0 Å². The van der Waals surface area contributed by atoms with Gasteiger partial charge in [-0.1, -0.05) is 0 Å². The molecule has 0 aromatic rings. The van der Waals surface area contributed by atoms with Crippen LogP contribution in [0.25, 0.3) is 0 Å². The van der Waals surface area contributed by atoms with E-state index in [2.05, 4.69) is 12.6 Å². The maximum absolute atomic E-state index is 10.9. The molecule has 38 valence electrons. The average molecular weight is 116 g/mol. The summed E-state index contributed by atoms with van der Waals surface area (Å²) >= 11 is 2.78. The van der Waals surface area contributed by atoms with Gasteiger partial charge in [0.2, 0.25) is 5.50 Å². The SMILES string of the molecule is FC(F)C(F)S. The molecule has 0 aliphatic carbocycles. The normalized spacial score (nSPS) is 15.5. The zero-order valence-electron chi connectivity index (χ0n) is 2.74. The van der Waals surface area contributed by atoms with Gasteiger partial charge in [-0.05, 0) is 0 Å². The van der Waals surface area contributed by atoms with Crippen LogP contribution < -0.4 is 0 Å². The highest BCUT2D eigenvalue weighted by atomic mass is 32.1. The molecule has 0 N–H and O–H groups in total. The van der Waals surface area contributed by atoms with Crippen LogP contribution in [0, 0.1) is 0 Å². The van der Waals surface area contributed by atoms with Crippen molar-refractivity contribution in [1.29, 1.82) is 0 Å². The van der Waals surface area contributed by atoms with E-state index in [9.17, 15) is 13.2 Å². The summed E-state index contributed by atoms with van der Waals surface area (Å²) in [6, 6.07) is 0. The molecule has 0 aliphatic heterocycles. The van der Waals surface area contributed by atoms with E-state index in [0.29, 0.717) is 0 Å². The maximum atomic E-state index is 10.9. The van der Waals surface area contributed by atoms with Crippen molar-refractivity contribution in [2.75, 3.05) is 0 Å². The summed E-state index contributed by atoms with van der Waals surface area (Å²) in [4.78, 5) is 0. The second kappa shape index (κ2) is 2.34. The molecule has 1 atom stereocenters. The monoisotopic (exact) mass is 116 g/mol. The highest BCUT2D eigenvalue weighted by Gasteiger charge is 2.11. The quantitative estimate of drug-likeness (QED) is 0.493. The number of hydrogen-bond donors (Lipinski definition) is 1. The third kappa shape index (κ3) is 2.38. The molecule has 0 aliphatic rings. The van der Waals surface area contributed by atoms with Crippen LogP contribution in [-0.2, 0) is 0 Å². The molecular formula is C2H3F3S. The first kappa shape index (κ1) is 6.14. The van der Waals surface area contributed by atoms with Crippen LogP contribution in [0.3, 0.4) is 0 Å². The molecule has 0 saturated heterocycles. The summed E-state index contributed by atoms with van der Waals surface area (Å²) in [7, 11) is 0. The van der Waals surface area contributed by atoms with Crippen LogP contribution in [0.5, 0.6) is 0 Å². The summed E-state index contributed by atoms with van der Waals surface area (Å²) in [5.74, 6) is 0. The Morgan fingerprint density at radius 3 is 1.33 bits per heavy atom. The van der Waals surface area contributed by atoms with Crippen molar-refractivity contribution in [3.05, 3.63) is 0 Å². The van der Waals surface area contributed by atoms with Crippen LogP contribution in [0.1, 0.15) is 0 Å². The van der Waals surface area contributed by atoms with Crippen LogP contribution in [0.4, 0.5) is 13.2 Å². The van der Waals surface area contributed by atoms with E-state index in [0.717, 1.165) is 0 Å². The Morgan fingerprint density at radius 2 is 1.33 bits per heavy atom. The Hall–Kier alpha value is 0.140. The van der Waals surface area contributed by atoms with Crippen molar-refractivity contribution in [3.63, 3.8) is 0 Å². The summed E-state index contributed by atoms with van der Waals surface area (Å²) in [6.07, 6.45) is -2.95. The van der Waals surface area contributed by atoms with Gasteiger partial charge in [0.05, 0.1) is 0 Å². The molecule has 0 heterocycles. The molecule has 0 bridgehead atoms. The van der Waals surface area contributed by atoms with Gasteiger partial charge in [-0.15, -0.1) is 12.6 Å². The minimum atomic E-state index is -2.95. The number of halogens is 3. The Morgan fingerprint density at radius 1 is 1.17 bits per heavy atom. The van der Waals surface area contributed by atoms with Crippen molar-refractivity contribution >= 4 is 12.6 Å². The fraction of sp³-hybridized carbons (Fsp3) is 1.00. The molecule has 0 aromatic carbocycles. The highest BCUT2D eigenvalue weighted by Crippen LogP contribution is 2.07. The fourth-order valence-corrected chi connectivity index (χ4v) is 0. The minimum Gasteiger partial charge on any atom is -0.229 e. The van der Waals surface area contributed by atoms with Gasteiger partial charge in [-0.25, -0.2) is 13.2 Å². The molecule has 0 saturated carbocycles. The third-order valence-corrected chi connectivity index (χ3v) is 0.433. The van der Waals surface area contributed by atoms with E-state index in [1.807, 2.05) is 0 Å². The molecule has 1 unspecified atom stereocenters. The van der Waals surface area contributed by atoms with E-state index in [1.165, 1.54) is 0 Å². The van der Waals surface area contributed by atoms with Gasteiger partial charge in [0, 0.05) is 0 Å². The highest BCUT2D eigenvalue weighted by molar-refractivity contribution is 7.80. The van der Waals surface area contributed by atoms with Crippen molar-refractivity contribution < 1.29 is 13.2 Å². The van der Waals surface area contributed by atoms with Gasteiger partial charge in [-0.3, -0.25) is 0 Å². The Labute approximate surface area is 38.8 Å². The zero-order valence-corrected chi connectivity index (χ0v) is 3.63. The zero-order chi connectivity index (χ0) is 5.15. The second-order valence-electron chi connectivity index (χ2n) is 0.707. The maximum Gasteiger partial charge on any atom is 0.278 e. The molecule has 0 spiro atoms. The van der Waals surface area contributed by atoms with E-state index in [-0.39, 0.29) is 0 Å². The third-order valence-electron chi connectivity index (χ3n) is 0.208. The average Bonchev–Trinajstić information content (AvgIpc) is 1.36. The predicted molar refractivity (Wildman–Crippen MR) is 19.9 cm³/mol. The molecule has 6 heavy (non-hydrogen) atoms. The summed E-state index contributed by atoms with van der Waals surface area (Å²) in [5, 5.41) is 0. The number of thiol groups is 1. The lowest BCUT2D eigenvalue weighted by atomic mass is 10.8. The molecule has 0 fully saturated rings. The topological polar surface area (TPSA) is 0 Å². The predicted octanol–water partition coefficient (Wildman–Crippen LogP) is 1.48. The van der Waals surface area contributed by atoms with E-state index < -0.39 is 11.9 Å². The van der Waals surface area contributed by atoms with Crippen molar-refractivity contribution in [2.45, 2.75) is 11.9 Å². The van der Waals surface area contributed by atoms with Crippen molar-refractivity contribution in [1.82, 2.24) is 0 Å². The summed E-state index contributed by atoms with van der Waals surface area (Å²) in [6.45, 7) is 0. The smallest absolute Gasteiger partial charge is 0.229 e. The van der Waals surface area contributed by atoms with Crippen LogP contribution in [-0.4, -0.2) is 11.9 Å². The van der Waals surface area contributed by atoms with Gasteiger partial charge in [0.1, 0.15) is 0 Å². The standard InChI is InChI=1S/C2H3F3S/c3-1(4)2(5)6/h1-2,6H. The fourth-order valence-electron chi connectivity index (χ4n) is 0. The van der Waals surface area contributed by atoms with Gasteiger partial charge >= 0.3 is 0 Å². The first-order valence-corrected chi connectivity index (χ1v) is 1.76. The molecule has 0 amide bonds. The number of hydrogen-bond acceptors (Lipinski definition) is 1. The second-order valence-corrected chi connectivity index (χ2v) is 1.20. The molecular weight excluding hydrogens is 113 g/mol. The van der Waals surface area contributed by atoms with Crippen LogP contribution in [0.15, 0.2) is 0 Å². The number of alkyl halides is 3. The molecule has 0 rings (SSSR count). The van der Waals surface area contributed by atoms with Gasteiger partial charge in [-0.2, -0.15) is 0 Å². The molecule has 0 nitrogen and oxygen atoms in total. The Bertz CT molecular complexity index is 29.8. The molecule has 4 heteroatoms. The van der Waals surface area contributed by atoms with Gasteiger partial charge < -0.3 is 0 Å². The first-order valence-electron chi connectivity index (χ1n) is 1.25. The molecule has 0 aromatic heterocycles. The van der Waals surface area contributed by atoms with Crippen LogP contribution >= 0.6 is 12.6 Å². The lowest BCUT2D eigenvalue weighted by Gasteiger charge is -1.92. The van der Waals surface area contributed by atoms with Crippen molar-refractivity contribution in [3.8, 4) is 0 Å². The van der Waals surface area contributed by atoms with Gasteiger partial charge in [0.25, 0.3) is 6.43 Å². The Kier molecular flexibility index (Phi) is 2.39. The lowest BCUT2D eigenvalue weighted by Crippen LogP contribution is -2.01. The van der Waals surface area contributed by atoms with E-state index >= 15 is 0 Å². The number of rotatable bonds is 1. The Balaban J connectivity index is 2.99. The first-order chi connectivity index (χ1) is 2.64. The molecule has 0 radical (unpaired) electrons. The summed E-state index contributed by atoms with van der Waals surface area (Å²) < 4.78 is 32.4. The lowest BCUT2D eigenvalue weighted by molar-refractivity contribution is 0.0963. The summed E-state index contributed by atoms with van der Waals surface area (Å²) in [5.41, 5.74) is -2.29. The van der Waals surface area contributed by atoms with Crippen molar-refractivity contribution in [2.24, 2.45) is 0 Å². The largest absolute Gasteiger partial charge is 0.278 e. The van der Waals surface area contributed by atoms with Crippen LogP contribution in [0.2, 0.25) is 0 Å². The van der Waals surface area contributed by atoms with E-state index in [1.54, 1.807) is 0 Å². The minimum absolute atomic E-state index is 2.29.